The van der Waals surface area contributed by atoms with Crippen LogP contribution < -0.4 is 9.64 Å². The highest BCUT2D eigenvalue weighted by Crippen LogP contribution is 2.42. The fourth-order valence-corrected chi connectivity index (χ4v) is 4.98. The Balaban J connectivity index is 1.14. The third kappa shape index (κ3) is 3.61. The molecule has 2 aliphatic heterocycles. The molecular weight excluding hydrogens is 386 g/mol. The first-order chi connectivity index (χ1) is 15.1. The van der Waals surface area contributed by atoms with Gasteiger partial charge in [0, 0.05) is 43.9 Å². The molecule has 0 radical (unpaired) electrons. The quantitative estimate of drug-likeness (QED) is 0.602. The summed E-state index contributed by atoms with van der Waals surface area (Å²) >= 11 is 0. The molecule has 1 aromatic heterocycles. The smallest absolute Gasteiger partial charge is 0.132 e. The molecule has 1 unspecified atom stereocenters. The molecule has 1 saturated heterocycles. The largest absolute Gasteiger partial charge is 0.488 e. The van der Waals surface area contributed by atoms with E-state index in [1.807, 2.05) is 12.1 Å². The second-order valence-corrected chi connectivity index (χ2v) is 9.91. The average molecular weight is 418 g/mol. The van der Waals surface area contributed by atoms with Gasteiger partial charge in [-0.2, -0.15) is 0 Å². The van der Waals surface area contributed by atoms with E-state index in [2.05, 4.69) is 45.7 Å². The number of nitrogens with zero attached hydrogens (tertiary/aromatic N) is 5. The zero-order valence-corrected chi connectivity index (χ0v) is 18.5. The van der Waals surface area contributed by atoms with Gasteiger partial charge in [0.2, 0.25) is 0 Å². The van der Waals surface area contributed by atoms with Crippen molar-refractivity contribution < 1.29 is 4.74 Å². The number of piperazine rings is 1. The van der Waals surface area contributed by atoms with Crippen molar-refractivity contribution in [2.24, 2.45) is 10.9 Å². The first-order valence-electron chi connectivity index (χ1n) is 11.8. The van der Waals surface area contributed by atoms with Crippen molar-refractivity contribution in [2.45, 2.75) is 57.6 Å². The van der Waals surface area contributed by atoms with Gasteiger partial charge in [-0.3, -0.25) is 4.90 Å². The number of ether oxygens (including phenoxy) is 1. The van der Waals surface area contributed by atoms with Gasteiger partial charge in [-0.1, -0.05) is 6.42 Å². The standard InChI is InChI=1S/C25H31N5O/c1-17(18-4-3-5-18)29-10-12-30(13-11-29)23-15-22(26-16-27-23)24-20-14-19(6-7-21(20)28-24)31-25(2)8-9-25/h6-7,14-18H,3-5,8-13H2,1-2H3. The summed E-state index contributed by atoms with van der Waals surface area (Å²) in [5, 5.41) is 0. The molecule has 6 nitrogen and oxygen atoms in total. The third-order valence-corrected chi connectivity index (χ3v) is 7.72. The van der Waals surface area contributed by atoms with Gasteiger partial charge >= 0.3 is 0 Å². The molecular formula is C25H31N5O. The number of hydrogen-bond donors (Lipinski definition) is 0. The minimum Gasteiger partial charge on any atom is -0.488 e. The molecule has 0 spiro atoms. The number of fused-ring (bicyclic) bond motifs is 1. The van der Waals surface area contributed by atoms with E-state index in [1.54, 1.807) is 6.33 Å². The lowest BCUT2D eigenvalue weighted by Crippen LogP contribution is -2.52. The molecule has 0 amide bonds. The lowest BCUT2D eigenvalue weighted by atomic mass is 9.79. The Morgan fingerprint density at radius 2 is 1.87 bits per heavy atom. The lowest BCUT2D eigenvalue weighted by Gasteiger charge is -2.43. The predicted molar refractivity (Wildman–Crippen MR) is 123 cm³/mol. The zero-order chi connectivity index (χ0) is 21.0. The second-order valence-electron chi connectivity index (χ2n) is 9.91. The van der Waals surface area contributed by atoms with Crippen molar-refractivity contribution in [1.82, 2.24) is 14.9 Å². The Kier molecular flexibility index (Phi) is 4.53. The summed E-state index contributed by atoms with van der Waals surface area (Å²) in [6.07, 6.45) is 8.18. The van der Waals surface area contributed by atoms with Crippen LogP contribution in [0.25, 0.3) is 0 Å². The SMILES string of the molecule is CC(C1CCC1)N1CCN(c2cc(C3=Nc4ccc(OC5(C)CC5)cc43)ncn2)CC1. The molecule has 2 aromatic rings. The topological polar surface area (TPSA) is 53.9 Å². The molecule has 1 atom stereocenters. The number of hydrogen-bond acceptors (Lipinski definition) is 6. The van der Waals surface area contributed by atoms with Gasteiger partial charge in [0.15, 0.2) is 0 Å². The number of rotatable bonds is 6. The van der Waals surface area contributed by atoms with Crippen molar-refractivity contribution >= 4 is 17.2 Å². The van der Waals surface area contributed by atoms with Crippen LogP contribution in [0.3, 0.4) is 0 Å². The van der Waals surface area contributed by atoms with Crippen LogP contribution in [-0.4, -0.2) is 58.4 Å². The summed E-state index contributed by atoms with van der Waals surface area (Å²) in [6.45, 7) is 8.85. The number of anilines is 1. The number of aliphatic imine (C=N–C) groups is 1. The molecule has 0 N–H and O–H groups in total. The van der Waals surface area contributed by atoms with E-state index >= 15 is 0 Å². The Bertz CT molecular complexity index is 1020. The van der Waals surface area contributed by atoms with Crippen LogP contribution in [-0.2, 0) is 0 Å². The summed E-state index contributed by atoms with van der Waals surface area (Å²) < 4.78 is 6.14. The highest BCUT2D eigenvalue weighted by Gasteiger charge is 2.40. The molecule has 3 heterocycles. The molecule has 2 aliphatic carbocycles. The molecule has 162 valence electrons. The Labute approximate surface area is 184 Å². The molecule has 1 aromatic carbocycles. The Hall–Kier alpha value is -2.47. The minimum atomic E-state index is 0.0235. The van der Waals surface area contributed by atoms with Crippen LogP contribution in [0.15, 0.2) is 35.6 Å². The molecule has 4 aliphatic rings. The van der Waals surface area contributed by atoms with E-state index in [0.29, 0.717) is 6.04 Å². The fraction of sp³-hybridized carbons (Fsp3) is 0.560. The summed E-state index contributed by atoms with van der Waals surface area (Å²) in [6, 6.07) is 9.00. The van der Waals surface area contributed by atoms with E-state index in [-0.39, 0.29) is 5.60 Å². The zero-order valence-electron chi connectivity index (χ0n) is 18.5. The van der Waals surface area contributed by atoms with E-state index < -0.39 is 0 Å². The monoisotopic (exact) mass is 417 g/mol. The van der Waals surface area contributed by atoms with Crippen LogP contribution in [0.5, 0.6) is 5.75 Å². The van der Waals surface area contributed by atoms with E-state index in [1.165, 1.54) is 19.3 Å². The van der Waals surface area contributed by atoms with Crippen molar-refractivity contribution in [3.63, 3.8) is 0 Å². The number of aromatic nitrogens is 2. The van der Waals surface area contributed by atoms with Crippen LogP contribution in [0.1, 0.15) is 57.2 Å². The predicted octanol–water partition coefficient (Wildman–Crippen LogP) is 4.20. The first-order valence-corrected chi connectivity index (χ1v) is 11.8. The highest BCUT2D eigenvalue weighted by atomic mass is 16.5. The van der Waals surface area contributed by atoms with Gasteiger partial charge in [0.25, 0.3) is 0 Å². The van der Waals surface area contributed by atoms with Crippen LogP contribution in [0.2, 0.25) is 0 Å². The lowest BCUT2D eigenvalue weighted by molar-refractivity contribution is 0.102. The van der Waals surface area contributed by atoms with Gasteiger partial charge in [0.1, 0.15) is 23.5 Å². The van der Waals surface area contributed by atoms with E-state index in [9.17, 15) is 0 Å². The van der Waals surface area contributed by atoms with Crippen LogP contribution in [0, 0.1) is 5.92 Å². The molecule has 6 rings (SSSR count). The maximum atomic E-state index is 6.14. The van der Waals surface area contributed by atoms with Gasteiger partial charge in [0.05, 0.1) is 17.1 Å². The van der Waals surface area contributed by atoms with Crippen LogP contribution in [0.4, 0.5) is 11.5 Å². The van der Waals surface area contributed by atoms with Gasteiger partial charge in [-0.05, 0) is 63.6 Å². The molecule has 6 heteroatoms. The Morgan fingerprint density at radius 3 is 2.58 bits per heavy atom. The third-order valence-electron chi connectivity index (χ3n) is 7.72. The fourth-order valence-electron chi connectivity index (χ4n) is 4.98. The first kappa shape index (κ1) is 19.2. The summed E-state index contributed by atoms with van der Waals surface area (Å²) in [7, 11) is 0. The van der Waals surface area contributed by atoms with E-state index in [0.717, 1.165) is 79.2 Å². The van der Waals surface area contributed by atoms with Crippen LogP contribution >= 0.6 is 0 Å². The van der Waals surface area contributed by atoms with Gasteiger partial charge in [-0.15, -0.1) is 0 Å². The Morgan fingerprint density at radius 1 is 1.06 bits per heavy atom. The van der Waals surface area contributed by atoms with Crippen molar-refractivity contribution in [3.05, 3.63) is 41.9 Å². The molecule has 0 bridgehead atoms. The second kappa shape index (κ2) is 7.30. The summed E-state index contributed by atoms with van der Waals surface area (Å²) in [5.41, 5.74) is 4.02. The van der Waals surface area contributed by atoms with Crippen molar-refractivity contribution in [1.29, 1.82) is 0 Å². The molecule has 3 fully saturated rings. The van der Waals surface area contributed by atoms with Crippen molar-refractivity contribution in [2.75, 3.05) is 31.1 Å². The molecule has 31 heavy (non-hydrogen) atoms. The van der Waals surface area contributed by atoms with Gasteiger partial charge < -0.3 is 9.64 Å². The maximum Gasteiger partial charge on any atom is 0.132 e. The number of benzene rings is 1. The molecule has 2 saturated carbocycles. The highest BCUT2D eigenvalue weighted by molar-refractivity contribution is 6.21. The maximum absolute atomic E-state index is 6.14. The van der Waals surface area contributed by atoms with E-state index in [4.69, 9.17) is 9.73 Å². The van der Waals surface area contributed by atoms with Gasteiger partial charge in [-0.25, -0.2) is 15.0 Å². The average Bonchev–Trinajstić information content (AvgIpc) is 3.46. The summed E-state index contributed by atoms with van der Waals surface area (Å²) in [5.74, 6) is 2.84. The normalized spacial score (nSPS) is 23.3. The van der Waals surface area contributed by atoms with Crippen molar-refractivity contribution in [3.8, 4) is 5.75 Å². The summed E-state index contributed by atoms with van der Waals surface area (Å²) in [4.78, 5) is 18.9. The minimum absolute atomic E-state index is 0.0235.